The van der Waals surface area contributed by atoms with Crippen molar-refractivity contribution < 1.29 is 14.3 Å². The Morgan fingerprint density at radius 1 is 1.17 bits per heavy atom. The Balaban J connectivity index is 1.68. The van der Waals surface area contributed by atoms with Gasteiger partial charge >= 0.3 is 5.97 Å². The van der Waals surface area contributed by atoms with Gasteiger partial charge < -0.3 is 9.64 Å². The second kappa shape index (κ2) is 8.07. The van der Waals surface area contributed by atoms with Gasteiger partial charge in [-0.25, -0.2) is 4.99 Å². The normalized spacial score (nSPS) is 21.1. The van der Waals surface area contributed by atoms with Crippen LogP contribution in [0, 0.1) is 12.8 Å². The van der Waals surface area contributed by atoms with Crippen molar-refractivity contribution in [1.29, 1.82) is 0 Å². The molecule has 0 bridgehead atoms. The van der Waals surface area contributed by atoms with E-state index in [0.29, 0.717) is 12.5 Å². The number of carbonyl (C=O) groups excluding carboxylic acids is 2. The second-order valence-corrected chi connectivity index (χ2v) is 7.47. The average Bonchev–Trinajstić information content (AvgIpc) is 2.73. The summed E-state index contributed by atoms with van der Waals surface area (Å²) in [6.07, 6.45) is 0.890. The van der Waals surface area contributed by atoms with Crippen molar-refractivity contribution >= 4 is 17.8 Å². The molecule has 4 rings (SSSR count). The maximum atomic E-state index is 12.9. The molecule has 0 saturated carbocycles. The lowest BCUT2D eigenvalue weighted by Gasteiger charge is -2.36. The molecular weight excluding hydrogens is 366 g/mol. The maximum Gasteiger partial charge on any atom is 0.321 e. The van der Waals surface area contributed by atoms with Gasteiger partial charge in [0.05, 0.1) is 6.61 Å². The van der Waals surface area contributed by atoms with Crippen LogP contribution in [0.15, 0.2) is 53.5 Å². The Labute approximate surface area is 170 Å². The lowest BCUT2D eigenvalue weighted by Crippen LogP contribution is -2.53. The first-order chi connectivity index (χ1) is 14.1. The molecule has 29 heavy (non-hydrogen) atoms. The lowest BCUT2D eigenvalue weighted by molar-refractivity contribution is -0.153. The summed E-state index contributed by atoms with van der Waals surface area (Å²) in [5.74, 6) is -1.37. The van der Waals surface area contributed by atoms with Crippen LogP contribution in [0.3, 0.4) is 0 Å². The molecule has 6 heteroatoms. The largest absolute Gasteiger partial charge is 0.465 e. The number of carbonyl (C=O) groups is 2. The fraction of sp³-hybridized carbons (Fsp3) is 0.348. The summed E-state index contributed by atoms with van der Waals surface area (Å²) in [5, 5.41) is 2.85. The zero-order valence-corrected chi connectivity index (χ0v) is 16.7. The van der Waals surface area contributed by atoms with E-state index in [1.165, 1.54) is 11.1 Å². The van der Waals surface area contributed by atoms with E-state index in [-0.39, 0.29) is 12.5 Å². The predicted octanol–water partition coefficient (Wildman–Crippen LogP) is 2.76. The molecule has 0 aromatic heterocycles. The minimum absolute atomic E-state index is 0.225. The molecule has 1 amide bonds. The van der Waals surface area contributed by atoms with Crippen LogP contribution < -0.4 is 5.32 Å². The monoisotopic (exact) mass is 391 g/mol. The van der Waals surface area contributed by atoms with Gasteiger partial charge in [-0.3, -0.25) is 14.9 Å². The van der Waals surface area contributed by atoms with Crippen molar-refractivity contribution in [3.63, 3.8) is 0 Å². The molecule has 0 aliphatic carbocycles. The van der Waals surface area contributed by atoms with Gasteiger partial charge in [-0.05, 0) is 37.0 Å². The number of benzene rings is 2. The third-order valence-electron chi connectivity index (χ3n) is 5.48. The van der Waals surface area contributed by atoms with Crippen LogP contribution in [0.2, 0.25) is 0 Å². The molecule has 2 aromatic carbocycles. The van der Waals surface area contributed by atoms with Crippen LogP contribution in [0.4, 0.5) is 0 Å². The number of rotatable bonds is 3. The number of aryl methyl sites for hydroxylation is 1. The smallest absolute Gasteiger partial charge is 0.321 e. The second-order valence-electron chi connectivity index (χ2n) is 7.47. The number of aliphatic imine (C=N–C) groups is 1. The Hall–Kier alpha value is -3.15. The molecule has 0 radical (unpaired) electrons. The maximum absolute atomic E-state index is 12.9. The molecule has 2 heterocycles. The molecule has 2 aliphatic rings. The van der Waals surface area contributed by atoms with Gasteiger partial charge in [-0.1, -0.05) is 54.1 Å². The van der Waals surface area contributed by atoms with Crippen molar-refractivity contribution in [3.05, 3.63) is 70.8 Å². The summed E-state index contributed by atoms with van der Waals surface area (Å²) < 4.78 is 5.17. The van der Waals surface area contributed by atoms with Gasteiger partial charge in [0.25, 0.3) is 0 Å². The fourth-order valence-corrected chi connectivity index (χ4v) is 3.91. The number of hydrogen-bond donors (Lipinski definition) is 1. The number of nitrogens with zero attached hydrogens (tertiary/aromatic N) is 2. The molecule has 2 aliphatic heterocycles. The third kappa shape index (κ3) is 3.88. The molecular formula is C23H25N3O3. The van der Waals surface area contributed by atoms with Crippen molar-refractivity contribution in [2.75, 3.05) is 13.2 Å². The number of amides is 1. The summed E-state index contributed by atoms with van der Waals surface area (Å²) >= 11 is 0. The van der Waals surface area contributed by atoms with Gasteiger partial charge in [0.15, 0.2) is 5.92 Å². The zero-order chi connectivity index (χ0) is 20.4. The first-order valence-corrected chi connectivity index (χ1v) is 10.0. The third-order valence-corrected chi connectivity index (χ3v) is 5.48. The van der Waals surface area contributed by atoms with Crippen LogP contribution >= 0.6 is 0 Å². The van der Waals surface area contributed by atoms with E-state index in [1.807, 2.05) is 43.3 Å². The van der Waals surface area contributed by atoms with Crippen molar-refractivity contribution in [2.24, 2.45) is 10.9 Å². The average molecular weight is 391 g/mol. The van der Waals surface area contributed by atoms with Crippen LogP contribution in [0.25, 0.3) is 0 Å². The quantitative estimate of drug-likeness (QED) is 0.645. The van der Waals surface area contributed by atoms with Gasteiger partial charge in [-0.2, -0.15) is 0 Å². The molecule has 2 aromatic rings. The standard InChI is InChI=1S/C23H25N3O3/c1-3-29-22(28)19-20(17-10-8-15(2)9-11-17)24-23(25-21(19)27)26-13-12-16-6-4-5-7-18(16)14-26/h4-11,19-20H,3,12-14H2,1-2H3,(H,24,25,27)/t19-,20+/m0/s1. The molecule has 0 saturated heterocycles. The first kappa shape index (κ1) is 19.2. The van der Waals surface area contributed by atoms with Gasteiger partial charge in [0.2, 0.25) is 11.9 Å². The van der Waals surface area contributed by atoms with Crippen LogP contribution in [0.5, 0.6) is 0 Å². The van der Waals surface area contributed by atoms with Crippen LogP contribution in [0.1, 0.15) is 35.2 Å². The molecule has 2 atom stereocenters. The summed E-state index contributed by atoms with van der Waals surface area (Å²) in [6.45, 7) is 5.41. The molecule has 1 N–H and O–H groups in total. The summed E-state index contributed by atoms with van der Waals surface area (Å²) in [5.41, 5.74) is 4.50. The number of hydrogen-bond acceptors (Lipinski definition) is 5. The first-order valence-electron chi connectivity index (χ1n) is 10.0. The van der Waals surface area contributed by atoms with Crippen LogP contribution in [-0.4, -0.2) is 35.9 Å². The van der Waals surface area contributed by atoms with Crippen molar-refractivity contribution in [1.82, 2.24) is 10.2 Å². The van der Waals surface area contributed by atoms with E-state index in [9.17, 15) is 9.59 Å². The summed E-state index contributed by atoms with van der Waals surface area (Å²) in [6, 6.07) is 15.5. The van der Waals surface area contributed by atoms with E-state index in [0.717, 1.165) is 24.1 Å². The Kier molecular flexibility index (Phi) is 5.34. The number of nitrogens with one attached hydrogen (secondary N) is 1. The highest BCUT2D eigenvalue weighted by molar-refractivity contribution is 6.08. The highest BCUT2D eigenvalue weighted by Gasteiger charge is 2.42. The number of fused-ring (bicyclic) bond motifs is 1. The van der Waals surface area contributed by atoms with E-state index in [4.69, 9.17) is 9.73 Å². The summed E-state index contributed by atoms with van der Waals surface area (Å²) in [4.78, 5) is 32.4. The molecule has 150 valence electrons. The van der Waals surface area contributed by atoms with E-state index in [2.05, 4.69) is 22.3 Å². The zero-order valence-electron chi connectivity index (χ0n) is 16.7. The van der Waals surface area contributed by atoms with Gasteiger partial charge in [0.1, 0.15) is 6.04 Å². The van der Waals surface area contributed by atoms with Gasteiger partial charge in [-0.15, -0.1) is 0 Å². The highest BCUT2D eigenvalue weighted by Crippen LogP contribution is 2.32. The van der Waals surface area contributed by atoms with E-state index in [1.54, 1.807) is 6.92 Å². The molecule has 0 fully saturated rings. The van der Waals surface area contributed by atoms with Crippen molar-refractivity contribution in [3.8, 4) is 0 Å². The molecule has 6 nitrogen and oxygen atoms in total. The topological polar surface area (TPSA) is 71.0 Å². The fourth-order valence-electron chi connectivity index (χ4n) is 3.91. The minimum atomic E-state index is -0.988. The number of ether oxygens (including phenoxy) is 1. The Bertz CT molecular complexity index is 952. The lowest BCUT2D eigenvalue weighted by atomic mass is 9.91. The van der Waals surface area contributed by atoms with Crippen molar-refractivity contribution in [2.45, 2.75) is 32.9 Å². The highest BCUT2D eigenvalue weighted by atomic mass is 16.5. The number of esters is 1. The predicted molar refractivity (Wildman–Crippen MR) is 110 cm³/mol. The van der Waals surface area contributed by atoms with E-state index >= 15 is 0 Å². The van der Waals surface area contributed by atoms with Crippen LogP contribution in [-0.2, 0) is 27.3 Å². The Morgan fingerprint density at radius 3 is 2.62 bits per heavy atom. The van der Waals surface area contributed by atoms with Gasteiger partial charge in [0, 0.05) is 13.1 Å². The molecule has 0 unspecified atom stereocenters. The summed E-state index contributed by atoms with van der Waals surface area (Å²) in [7, 11) is 0. The SMILES string of the molecule is CCOC(=O)[C@@H]1C(=O)NC(N2CCc3ccccc3C2)=N[C@@H]1c1ccc(C)cc1. The Morgan fingerprint density at radius 2 is 1.90 bits per heavy atom. The number of guanidine groups is 1. The molecule has 0 spiro atoms. The minimum Gasteiger partial charge on any atom is -0.465 e. The van der Waals surface area contributed by atoms with E-state index < -0.39 is 17.9 Å².